The van der Waals surface area contributed by atoms with Crippen molar-refractivity contribution in [1.82, 2.24) is 9.55 Å². The second-order valence-corrected chi connectivity index (χ2v) is 11.8. The number of aryl methyl sites for hydroxylation is 2. The van der Waals surface area contributed by atoms with Gasteiger partial charge < -0.3 is 34.3 Å². The van der Waals surface area contributed by atoms with E-state index in [-0.39, 0.29) is 6.61 Å². The molecule has 3 aromatic carbocycles. The number of aliphatic hydroxyl groups is 2. The summed E-state index contributed by atoms with van der Waals surface area (Å²) in [5.74, 6) is 0.956. The number of unbranched alkanes of at least 4 members (excludes halogenated alkanes) is 5. The van der Waals surface area contributed by atoms with Crippen LogP contribution in [-0.4, -0.2) is 57.0 Å². The second kappa shape index (κ2) is 13.6. The number of imidazole rings is 1. The lowest BCUT2D eigenvalue weighted by atomic mass is 9.97. The number of rotatable bonds is 11. The SMILES string of the molecule is CCCCCCCCn1c(-c2ccc(N[C@@H]3O[C@@H]4COC(c5ccccc5)O[C@H]4[C@H](O)[C@H]3O)cc2)nc2cc(C)ccc21. The number of hydrogen-bond donors (Lipinski definition) is 3. The van der Waals surface area contributed by atoms with E-state index >= 15 is 0 Å². The van der Waals surface area contributed by atoms with Crippen LogP contribution in [0.4, 0.5) is 5.69 Å². The first-order chi connectivity index (χ1) is 21.0. The molecule has 0 spiro atoms. The summed E-state index contributed by atoms with van der Waals surface area (Å²) in [6.45, 7) is 5.52. The van der Waals surface area contributed by atoms with Gasteiger partial charge in [-0.3, -0.25) is 0 Å². The average Bonchev–Trinajstić information content (AvgIpc) is 3.39. The number of aliphatic hydroxyl groups excluding tert-OH is 2. The third-order valence-electron chi connectivity index (χ3n) is 8.54. The average molecular weight is 586 g/mol. The van der Waals surface area contributed by atoms with E-state index < -0.39 is 36.9 Å². The quantitative estimate of drug-likeness (QED) is 0.177. The summed E-state index contributed by atoms with van der Waals surface area (Å²) in [5.41, 5.74) is 6.02. The molecular weight excluding hydrogens is 542 g/mol. The lowest BCUT2D eigenvalue weighted by Gasteiger charge is -2.46. The maximum Gasteiger partial charge on any atom is 0.184 e. The van der Waals surface area contributed by atoms with Gasteiger partial charge in [-0.1, -0.05) is 75.4 Å². The molecule has 0 radical (unpaired) electrons. The zero-order valence-electron chi connectivity index (χ0n) is 25.1. The molecule has 0 bridgehead atoms. The first kappa shape index (κ1) is 29.8. The van der Waals surface area contributed by atoms with Gasteiger partial charge >= 0.3 is 0 Å². The van der Waals surface area contributed by atoms with Gasteiger partial charge in [0.15, 0.2) is 12.5 Å². The van der Waals surface area contributed by atoms with E-state index in [2.05, 4.69) is 41.9 Å². The third kappa shape index (κ3) is 6.64. The molecule has 4 aromatic rings. The molecule has 6 atom stereocenters. The van der Waals surface area contributed by atoms with Gasteiger partial charge in [-0.15, -0.1) is 0 Å². The van der Waals surface area contributed by atoms with E-state index in [1.165, 1.54) is 37.7 Å². The van der Waals surface area contributed by atoms with E-state index in [1.54, 1.807) is 0 Å². The molecule has 0 aliphatic carbocycles. The number of hydrogen-bond acceptors (Lipinski definition) is 7. The van der Waals surface area contributed by atoms with E-state index in [1.807, 2.05) is 54.6 Å². The summed E-state index contributed by atoms with van der Waals surface area (Å²) in [6.07, 6.45) is 2.52. The summed E-state index contributed by atoms with van der Waals surface area (Å²) in [6, 6.07) is 24.0. The smallest absolute Gasteiger partial charge is 0.184 e. The lowest BCUT2D eigenvalue weighted by molar-refractivity contribution is -0.325. The zero-order chi connectivity index (χ0) is 29.8. The monoisotopic (exact) mass is 585 g/mol. The Balaban J connectivity index is 1.13. The molecule has 3 N–H and O–H groups in total. The van der Waals surface area contributed by atoms with Gasteiger partial charge in [0.25, 0.3) is 0 Å². The Morgan fingerprint density at radius 1 is 0.884 bits per heavy atom. The van der Waals surface area contributed by atoms with Crippen molar-refractivity contribution in [3.05, 3.63) is 83.9 Å². The fourth-order valence-corrected chi connectivity index (χ4v) is 6.13. The maximum absolute atomic E-state index is 11.0. The van der Waals surface area contributed by atoms with Crippen molar-refractivity contribution in [1.29, 1.82) is 0 Å². The Morgan fingerprint density at radius 3 is 2.44 bits per heavy atom. The third-order valence-corrected chi connectivity index (χ3v) is 8.54. The van der Waals surface area contributed by atoms with Crippen molar-refractivity contribution in [3.8, 4) is 11.4 Å². The minimum Gasteiger partial charge on any atom is -0.387 e. The first-order valence-electron chi connectivity index (χ1n) is 15.7. The molecule has 0 saturated carbocycles. The fraction of sp³-hybridized carbons (Fsp3) is 0.457. The number of ether oxygens (including phenoxy) is 3. The highest BCUT2D eigenvalue weighted by Crippen LogP contribution is 2.35. The molecule has 3 heterocycles. The Morgan fingerprint density at radius 2 is 1.65 bits per heavy atom. The molecule has 1 unspecified atom stereocenters. The largest absolute Gasteiger partial charge is 0.387 e. The Kier molecular flexibility index (Phi) is 9.40. The number of nitrogens with zero attached hydrogens (tertiary/aromatic N) is 2. The zero-order valence-corrected chi connectivity index (χ0v) is 25.1. The number of fused-ring (bicyclic) bond motifs is 2. The normalized spacial score (nSPS) is 25.5. The molecule has 2 saturated heterocycles. The molecule has 1 aromatic heterocycles. The van der Waals surface area contributed by atoms with E-state index in [4.69, 9.17) is 19.2 Å². The van der Waals surface area contributed by atoms with Crippen LogP contribution in [0, 0.1) is 6.92 Å². The Hall–Kier alpha value is -3.27. The van der Waals surface area contributed by atoms with Crippen molar-refractivity contribution in [2.24, 2.45) is 0 Å². The first-order valence-corrected chi connectivity index (χ1v) is 15.7. The number of anilines is 1. The van der Waals surface area contributed by atoms with Crippen LogP contribution < -0.4 is 5.32 Å². The van der Waals surface area contributed by atoms with Gasteiger partial charge in [-0.05, 0) is 55.3 Å². The topological polar surface area (TPSA) is 98.0 Å². The van der Waals surface area contributed by atoms with Gasteiger partial charge in [0.2, 0.25) is 0 Å². The van der Waals surface area contributed by atoms with Gasteiger partial charge in [-0.2, -0.15) is 0 Å². The van der Waals surface area contributed by atoms with Gasteiger partial charge in [0.05, 0.1) is 17.6 Å². The van der Waals surface area contributed by atoms with Crippen molar-refractivity contribution >= 4 is 16.7 Å². The molecule has 0 amide bonds. The van der Waals surface area contributed by atoms with Crippen LogP contribution in [0.5, 0.6) is 0 Å². The number of benzene rings is 3. The second-order valence-electron chi connectivity index (χ2n) is 11.8. The van der Waals surface area contributed by atoms with E-state index in [9.17, 15) is 10.2 Å². The molecule has 6 rings (SSSR count). The van der Waals surface area contributed by atoms with Gasteiger partial charge in [-0.25, -0.2) is 4.98 Å². The molecule has 8 nitrogen and oxygen atoms in total. The van der Waals surface area contributed by atoms with Crippen molar-refractivity contribution in [2.75, 3.05) is 11.9 Å². The molecule has 43 heavy (non-hydrogen) atoms. The van der Waals surface area contributed by atoms with Crippen LogP contribution in [0.3, 0.4) is 0 Å². The summed E-state index contributed by atoms with van der Waals surface area (Å²) < 4.78 is 20.4. The standard InChI is InChI=1S/C35H43N3O5/c1-3-4-5-6-7-11-20-38-28-19-14-23(2)21-27(28)37-33(38)24-15-17-26(18-16-24)36-34-31(40)30(39)32-29(42-34)22-41-35(43-32)25-12-9-8-10-13-25/h8-10,12-19,21,29-32,34-36,39-40H,3-7,11,20,22H2,1-2H3/t29-,30-,31-,32-,34-,35?/m1/s1. The van der Waals surface area contributed by atoms with E-state index in [0.717, 1.165) is 46.6 Å². The van der Waals surface area contributed by atoms with Crippen LogP contribution in [0.25, 0.3) is 22.4 Å². The highest BCUT2D eigenvalue weighted by atomic mass is 16.7. The molecule has 8 heteroatoms. The maximum atomic E-state index is 11.0. The van der Waals surface area contributed by atoms with Crippen LogP contribution in [0.15, 0.2) is 72.8 Å². The predicted octanol–water partition coefficient (Wildman–Crippen LogP) is 6.35. The summed E-state index contributed by atoms with van der Waals surface area (Å²) in [7, 11) is 0. The van der Waals surface area contributed by atoms with Crippen molar-refractivity contribution in [2.45, 2.75) is 95.9 Å². The predicted molar refractivity (Wildman–Crippen MR) is 168 cm³/mol. The van der Waals surface area contributed by atoms with E-state index in [0.29, 0.717) is 0 Å². The van der Waals surface area contributed by atoms with Crippen LogP contribution in [0.1, 0.15) is 62.9 Å². The molecule has 2 aliphatic rings. The highest BCUT2D eigenvalue weighted by molar-refractivity contribution is 5.81. The van der Waals surface area contributed by atoms with Gasteiger partial charge in [0.1, 0.15) is 30.2 Å². The minimum absolute atomic E-state index is 0.249. The van der Waals surface area contributed by atoms with Gasteiger partial charge in [0, 0.05) is 23.4 Å². The lowest BCUT2D eigenvalue weighted by Crippen LogP contribution is -2.63. The highest BCUT2D eigenvalue weighted by Gasteiger charge is 2.48. The molecular formula is C35H43N3O5. The minimum atomic E-state index is -1.18. The molecule has 228 valence electrons. The van der Waals surface area contributed by atoms with Crippen molar-refractivity contribution < 1.29 is 24.4 Å². The van der Waals surface area contributed by atoms with Crippen LogP contribution >= 0.6 is 0 Å². The Bertz CT molecular complexity index is 1470. The van der Waals surface area contributed by atoms with Crippen molar-refractivity contribution in [3.63, 3.8) is 0 Å². The Labute approximate surface area is 253 Å². The molecule has 2 fully saturated rings. The summed E-state index contributed by atoms with van der Waals surface area (Å²) >= 11 is 0. The number of nitrogens with one attached hydrogen (secondary N) is 1. The van der Waals surface area contributed by atoms with Crippen LogP contribution in [-0.2, 0) is 20.8 Å². The summed E-state index contributed by atoms with van der Waals surface area (Å²) in [5, 5.41) is 25.2. The van der Waals surface area contributed by atoms with Crippen LogP contribution in [0.2, 0.25) is 0 Å². The molecule has 2 aliphatic heterocycles. The fourth-order valence-electron chi connectivity index (χ4n) is 6.13. The summed E-state index contributed by atoms with van der Waals surface area (Å²) in [4.78, 5) is 5.03. The number of aromatic nitrogens is 2.